The maximum absolute atomic E-state index is 13.7. The van der Waals surface area contributed by atoms with Crippen LogP contribution in [0.25, 0.3) is 0 Å². The molecule has 3 unspecified atom stereocenters. The lowest BCUT2D eigenvalue weighted by Crippen LogP contribution is -2.56. The van der Waals surface area contributed by atoms with Gasteiger partial charge in [0.2, 0.25) is 5.91 Å². The van der Waals surface area contributed by atoms with Crippen LogP contribution in [-0.2, 0) is 14.6 Å². The van der Waals surface area contributed by atoms with Crippen molar-refractivity contribution in [3.63, 3.8) is 0 Å². The molecule has 8 nitrogen and oxygen atoms in total. The minimum absolute atomic E-state index is 0.0175. The number of fused-ring (bicyclic) bond motifs is 2. The van der Waals surface area contributed by atoms with Crippen LogP contribution < -0.4 is 5.32 Å². The van der Waals surface area contributed by atoms with E-state index >= 15 is 0 Å². The van der Waals surface area contributed by atoms with Crippen molar-refractivity contribution in [1.29, 1.82) is 0 Å². The molecule has 13 heteroatoms. The number of aliphatic hydroxyl groups excluding tert-OH is 1. The average molecular weight is 603 g/mol. The largest absolute Gasteiger partial charge is 0.392 e. The van der Waals surface area contributed by atoms with Crippen molar-refractivity contribution in [2.75, 3.05) is 18.4 Å². The molecule has 218 valence electrons. The number of amides is 2. The highest BCUT2D eigenvalue weighted by Crippen LogP contribution is 2.52. The minimum atomic E-state index is -4.09. The molecule has 2 aliphatic carbocycles. The van der Waals surface area contributed by atoms with Crippen LogP contribution in [0.2, 0.25) is 5.02 Å². The molecular formula is C27H30ClF3N2O6S. The van der Waals surface area contributed by atoms with Crippen molar-refractivity contribution in [2.45, 2.75) is 61.4 Å². The molecule has 2 saturated carbocycles. The van der Waals surface area contributed by atoms with E-state index in [1.165, 1.54) is 30.9 Å². The smallest absolute Gasteiger partial charge is 0.255 e. The Morgan fingerprint density at radius 2 is 1.70 bits per heavy atom. The van der Waals surface area contributed by atoms with Gasteiger partial charge in [-0.15, -0.1) is 0 Å². The van der Waals surface area contributed by atoms with Crippen molar-refractivity contribution >= 4 is 38.9 Å². The van der Waals surface area contributed by atoms with Gasteiger partial charge in [-0.25, -0.2) is 21.6 Å². The van der Waals surface area contributed by atoms with E-state index in [2.05, 4.69) is 5.32 Å². The topological polar surface area (TPSA) is 124 Å². The summed E-state index contributed by atoms with van der Waals surface area (Å²) in [4.78, 5) is 26.0. The van der Waals surface area contributed by atoms with Crippen LogP contribution in [0, 0.1) is 29.3 Å². The molecule has 2 fully saturated rings. The zero-order valence-corrected chi connectivity index (χ0v) is 23.4. The Bertz CT molecular complexity index is 1400. The zero-order valence-electron chi connectivity index (χ0n) is 21.8. The number of sulfone groups is 1. The first-order valence-electron chi connectivity index (χ1n) is 12.8. The number of aliphatic hydroxyl groups is 2. The molecule has 2 aliphatic rings. The summed E-state index contributed by atoms with van der Waals surface area (Å²) >= 11 is 6.25. The van der Waals surface area contributed by atoms with E-state index in [0.29, 0.717) is 25.0 Å². The molecule has 0 saturated heterocycles. The normalized spacial score (nSPS) is 24.9. The van der Waals surface area contributed by atoms with Crippen LogP contribution in [0.5, 0.6) is 0 Å². The predicted molar refractivity (Wildman–Crippen MR) is 141 cm³/mol. The van der Waals surface area contributed by atoms with Crippen LogP contribution in [-0.4, -0.2) is 65.4 Å². The highest BCUT2D eigenvalue weighted by Gasteiger charge is 2.56. The van der Waals surface area contributed by atoms with Crippen molar-refractivity contribution in [1.82, 2.24) is 4.90 Å². The molecule has 2 aromatic carbocycles. The maximum atomic E-state index is 13.7. The highest BCUT2D eigenvalue weighted by atomic mass is 35.5. The summed E-state index contributed by atoms with van der Waals surface area (Å²) in [6.45, 7) is 2.90. The van der Waals surface area contributed by atoms with Gasteiger partial charge in [0.1, 0.15) is 0 Å². The summed E-state index contributed by atoms with van der Waals surface area (Å²) in [5, 5.41) is 22.5. The highest BCUT2D eigenvalue weighted by molar-refractivity contribution is 7.92. The number of hydrogen-bond acceptors (Lipinski definition) is 6. The lowest BCUT2D eigenvalue weighted by molar-refractivity contribution is -0.139. The average Bonchev–Trinajstić information content (AvgIpc) is 3.02. The first-order valence-corrected chi connectivity index (χ1v) is 14.7. The van der Waals surface area contributed by atoms with Crippen LogP contribution in [0.4, 0.5) is 18.9 Å². The van der Waals surface area contributed by atoms with E-state index in [4.69, 9.17) is 11.6 Å². The molecule has 40 heavy (non-hydrogen) atoms. The fourth-order valence-corrected chi connectivity index (χ4v) is 8.33. The number of carbonyl (C=O) groups excluding carboxylic acids is 2. The van der Waals surface area contributed by atoms with Gasteiger partial charge in [-0.3, -0.25) is 9.59 Å². The monoisotopic (exact) mass is 602 g/mol. The third kappa shape index (κ3) is 5.86. The Balaban J connectivity index is 1.56. The number of nitrogens with zero attached hydrogens (tertiary/aromatic N) is 1. The van der Waals surface area contributed by atoms with Gasteiger partial charge in [-0.05, 0) is 62.6 Å². The molecule has 3 N–H and O–H groups in total. The van der Waals surface area contributed by atoms with Crippen LogP contribution >= 0.6 is 11.6 Å². The second-order valence-electron chi connectivity index (χ2n) is 10.7. The van der Waals surface area contributed by atoms with Crippen LogP contribution in [0.1, 0.15) is 49.9 Å². The molecule has 2 amide bonds. The molecule has 0 aromatic heterocycles. The quantitative estimate of drug-likeness (QED) is 0.394. The Labute approximate surface area is 235 Å². The summed E-state index contributed by atoms with van der Waals surface area (Å²) in [6.07, 6.45) is 0.547. The third-order valence-electron chi connectivity index (χ3n) is 7.93. The van der Waals surface area contributed by atoms with E-state index in [1.807, 2.05) is 0 Å². The third-order valence-corrected chi connectivity index (χ3v) is 10.6. The molecular weight excluding hydrogens is 573 g/mol. The second kappa shape index (κ2) is 11.3. The molecule has 2 bridgehead atoms. The predicted octanol–water partition coefficient (Wildman–Crippen LogP) is 3.93. The lowest BCUT2D eigenvalue weighted by atomic mass is 9.74. The van der Waals surface area contributed by atoms with E-state index in [1.54, 1.807) is 0 Å². The Morgan fingerprint density at radius 3 is 2.23 bits per heavy atom. The van der Waals surface area contributed by atoms with Crippen LogP contribution in [0.3, 0.4) is 0 Å². The van der Waals surface area contributed by atoms with Gasteiger partial charge in [0.05, 0.1) is 33.4 Å². The van der Waals surface area contributed by atoms with E-state index in [0.717, 1.165) is 6.07 Å². The summed E-state index contributed by atoms with van der Waals surface area (Å²) in [6, 6.07) is 4.74. The number of hydrogen-bond donors (Lipinski definition) is 3. The van der Waals surface area contributed by atoms with Gasteiger partial charge in [0, 0.05) is 36.9 Å². The van der Waals surface area contributed by atoms with Crippen molar-refractivity contribution in [2.24, 2.45) is 11.8 Å². The summed E-state index contributed by atoms with van der Waals surface area (Å²) in [7, 11) is -4.09. The molecule has 4 rings (SSSR count). The standard InChI is InChI=1S/C27H30ClF3N2O6S/c1-14(34)12-33(15(2)35)13-27(37)17-4-5-18(27)9-20(8-17)40(38,39)24-7-16(3-6-21(24)28)26(36)32-19-10-22(29)25(31)23(30)11-19/h3,6-7,10-11,14,17-18,20,34,37H,4-5,8-9,12-13H2,1-2H3,(H,32,36)/t14-,17-,18?,20?,27?/m0/s1. The van der Waals surface area contributed by atoms with E-state index in [9.17, 15) is 41.4 Å². The summed E-state index contributed by atoms with van der Waals surface area (Å²) in [5.74, 6) is -6.73. The maximum Gasteiger partial charge on any atom is 0.255 e. The van der Waals surface area contributed by atoms with Gasteiger partial charge in [-0.1, -0.05) is 11.6 Å². The van der Waals surface area contributed by atoms with Crippen molar-refractivity contribution in [3.05, 3.63) is 58.4 Å². The first-order chi connectivity index (χ1) is 18.6. The fraction of sp³-hybridized carbons (Fsp3) is 0.481. The van der Waals surface area contributed by atoms with Gasteiger partial charge < -0.3 is 20.4 Å². The Hall–Kier alpha value is -2.67. The number of rotatable bonds is 8. The molecule has 0 heterocycles. The van der Waals surface area contributed by atoms with Crippen LogP contribution in [0.15, 0.2) is 35.2 Å². The van der Waals surface area contributed by atoms with Gasteiger partial charge in [0.25, 0.3) is 5.91 Å². The molecule has 2 aromatic rings. The minimum Gasteiger partial charge on any atom is -0.392 e. The SMILES string of the molecule is CC(=O)N(C[C@H](C)O)CC1(O)C2CC[C@H]1CC(S(=O)(=O)c1cc(C(=O)Nc3cc(F)c(F)c(F)c3)ccc1Cl)C2. The first kappa shape index (κ1) is 30.3. The van der Waals surface area contributed by atoms with Crippen molar-refractivity contribution < 1.29 is 41.4 Å². The molecule has 0 spiro atoms. The fourth-order valence-electron chi connectivity index (χ4n) is 5.92. The van der Waals surface area contributed by atoms with Gasteiger partial charge >= 0.3 is 0 Å². The number of benzene rings is 2. The van der Waals surface area contributed by atoms with E-state index < -0.39 is 62.0 Å². The molecule has 0 radical (unpaired) electrons. The van der Waals surface area contributed by atoms with E-state index in [-0.39, 0.29) is 53.0 Å². The second-order valence-corrected chi connectivity index (χ2v) is 13.3. The number of nitrogens with one attached hydrogen (secondary N) is 1. The van der Waals surface area contributed by atoms with Gasteiger partial charge in [0.15, 0.2) is 27.3 Å². The lowest BCUT2D eigenvalue weighted by Gasteiger charge is -2.45. The molecule has 5 atom stereocenters. The number of carbonyl (C=O) groups is 2. The summed E-state index contributed by atoms with van der Waals surface area (Å²) in [5.41, 5.74) is -1.82. The number of halogens is 4. The number of anilines is 1. The Kier molecular flexibility index (Phi) is 8.56. The molecule has 0 aliphatic heterocycles. The van der Waals surface area contributed by atoms with Gasteiger partial charge in [-0.2, -0.15) is 0 Å². The zero-order chi connectivity index (χ0) is 29.6. The Morgan fingerprint density at radius 1 is 1.12 bits per heavy atom. The summed E-state index contributed by atoms with van der Waals surface area (Å²) < 4.78 is 67.8. The van der Waals surface area contributed by atoms with Crippen molar-refractivity contribution in [3.8, 4) is 0 Å².